The van der Waals surface area contributed by atoms with E-state index in [4.69, 9.17) is 21.1 Å². The van der Waals surface area contributed by atoms with E-state index in [-0.39, 0.29) is 0 Å². The molecule has 0 bridgehead atoms. The van der Waals surface area contributed by atoms with Gasteiger partial charge in [-0.05, 0) is 54.4 Å². The van der Waals surface area contributed by atoms with E-state index in [1.807, 2.05) is 30.3 Å². The van der Waals surface area contributed by atoms with E-state index in [1.165, 1.54) is 0 Å². The molecule has 0 saturated heterocycles. The predicted octanol–water partition coefficient (Wildman–Crippen LogP) is 4.58. The molecule has 22 heavy (non-hydrogen) atoms. The number of nitrogens with one attached hydrogen (secondary N) is 1. The largest absolute Gasteiger partial charge is 0.495 e. The second-order valence-electron chi connectivity index (χ2n) is 4.64. The second-order valence-corrected chi connectivity index (χ2v) is 5.04. The molecule has 2 rings (SSSR count). The van der Waals surface area contributed by atoms with E-state index < -0.39 is 0 Å². The zero-order valence-corrected chi connectivity index (χ0v) is 13.4. The average Bonchev–Trinajstić information content (AvgIpc) is 2.54. The molecule has 0 spiro atoms. The molecular formula is C17H19ClN2O2. The molecule has 1 N–H and O–H groups in total. The minimum Gasteiger partial charge on any atom is -0.495 e. The summed E-state index contributed by atoms with van der Waals surface area (Å²) >= 11 is 6.05. The molecule has 0 radical (unpaired) electrons. The summed E-state index contributed by atoms with van der Waals surface area (Å²) in [6.45, 7) is 2.81. The third kappa shape index (κ3) is 4.67. The van der Waals surface area contributed by atoms with Gasteiger partial charge in [-0.1, -0.05) is 18.5 Å². The number of anilines is 1. The first kappa shape index (κ1) is 16.2. The highest BCUT2D eigenvalue weighted by Crippen LogP contribution is 2.27. The summed E-state index contributed by atoms with van der Waals surface area (Å²) in [6, 6.07) is 13.2. The van der Waals surface area contributed by atoms with Crippen LogP contribution < -0.4 is 14.9 Å². The van der Waals surface area contributed by atoms with Gasteiger partial charge in [0.25, 0.3) is 0 Å². The first-order valence-corrected chi connectivity index (χ1v) is 7.46. The molecule has 0 aromatic heterocycles. The fraction of sp³-hybridized carbons (Fsp3) is 0.235. The first-order chi connectivity index (χ1) is 10.7. The Morgan fingerprint density at radius 1 is 1.18 bits per heavy atom. The number of halogens is 1. The van der Waals surface area contributed by atoms with Crippen molar-refractivity contribution in [3.8, 4) is 11.5 Å². The van der Waals surface area contributed by atoms with E-state index in [0.717, 1.165) is 30.0 Å². The van der Waals surface area contributed by atoms with Crippen LogP contribution in [0.15, 0.2) is 47.6 Å². The Balaban J connectivity index is 1.93. The molecule has 0 unspecified atom stereocenters. The SMILES string of the molecule is CCCOc1ccc(/C=N/Nc2ccc(OC)c(Cl)c2)cc1. The zero-order valence-electron chi connectivity index (χ0n) is 12.7. The third-order valence-corrected chi connectivity index (χ3v) is 3.21. The lowest BCUT2D eigenvalue weighted by Gasteiger charge is -2.05. The standard InChI is InChI=1S/C17H19ClN2O2/c1-3-10-22-15-7-4-13(5-8-15)12-19-20-14-6-9-17(21-2)16(18)11-14/h4-9,11-12,20H,3,10H2,1-2H3/b19-12+. The van der Waals surface area contributed by atoms with Crippen molar-refractivity contribution in [1.82, 2.24) is 0 Å². The lowest BCUT2D eigenvalue weighted by molar-refractivity contribution is 0.317. The molecule has 2 aromatic rings. The monoisotopic (exact) mass is 318 g/mol. The molecule has 0 aliphatic heterocycles. The maximum absolute atomic E-state index is 6.05. The predicted molar refractivity (Wildman–Crippen MR) is 91.4 cm³/mol. The molecule has 0 aliphatic carbocycles. The van der Waals surface area contributed by atoms with Crippen molar-refractivity contribution in [2.24, 2.45) is 5.10 Å². The Bertz CT molecular complexity index is 627. The molecule has 0 saturated carbocycles. The third-order valence-electron chi connectivity index (χ3n) is 2.91. The number of hydrazone groups is 1. The molecule has 0 amide bonds. The molecule has 0 heterocycles. The van der Waals surface area contributed by atoms with Crippen LogP contribution >= 0.6 is 11.6 Å². The van der Waals surface area contributed by atoms with Gasteiger partial charge in [0.05, 0.1) is 30.6 Å². The molecule has 0 aliphatic rings. The van der Waals surface area contributed by atoms with Crippen LogP contribution in [0.1, 0.15) is 18.9 Å². The molecule has 4 nitrogen and oxygen atoms in total. The van der Waals surface area contributed by atoms with Gasteiger partial charge in [0.1, 0.15) is 11.5 Å². The smallest absolute Gasteiger partial charge is 0.137 e. The highest BCUT2D eigenvalue weighted by molar-refractivity contribution is 6.32. The van der Waals surface area contributed by atoms with E-state index in [1.54, 1.807) is 25.5 Å². The van der Waals surface area contributed by atoms with Crippen molar-refractivity contribution in [2.75, 3.05) is 19.1 Å². The Morgan fingerprint density at radius 2 is 1.95 bits per heavy atom. The van der Waals surface area contributed by atoms with E-state index in [9.17, 15) is 0 Å². The van der Waals surface area contributed by atoms with Gasteiger partial charge in [-0.3, -0.25) is 5.43 Å². The van der Waals surface area contributed by atoms with Crippen LogP contribution in [0.4, 0.5) is 5.69 Å². The number of nitrogens with zero attached hydrogens (tertiary/aromatic N) is 1. The fourth-order valence-electron chi connectivity index (χ4n) is 1.79. The van der Waals surface area contributed by atoms with E-state index >= 15 is 0 Å². The minimum absolute atomic E-state index is 0.542. The molecule has 2 aromatic carbocycles. The Kier molecular flexibility index (Phi) is 6.10. The summed E-state index contributed by atoms with van der Waals surface area (Å²) in [5.74, 6) is 1.51. The first-order valence-electron chi connectivity index (χ1n) is 7.08. The summed E-state index contributed by atoms with van der Waals surface area (Å²) in [4.78, 5) is 0. The Morgan fingerprint density at radius 3 is 2.59 bits per heavy atom. The topological polar surface area (TPSA) is 42.8 Å². The minimum atomic E-state index is 0.542. The number of rotatable bonds is 7. The normalized spacial score (nSPS) is 10.7. The summed E-state index contributed by atoms with van der Waals surface area (Å²) in [7, 11) is 1.58. The summed E-state index contributed by atoms with van der Waals surface area (Å²) in [5, 5.41) is 4.73. The fourth-order valence-corrected chi connectivity index (χ4v) is 2.05. The number of hydrogen-bond donors (Lipinski definition) is 1. The van der Waals surface area contributed by atoms with Crippen LogP contribution in [-0.2, 0) is 0 Å². The number of benzene rings is 2. The van der Waals surface area contributed by atoms with Gasteiger partial charge >= 0.3 is 0 Å². The summed E-state index contributed by atoms with van der Waals surface area (Å²) in [5.41, 5.74) is 4.71. The Hall–Kier alpha value is -2.20. The van der Waals surface area contributed by atoms with Crippen molar-refractivity contribution < 1.29 is 9.47 Å². The van der Waals surface area contributed by atoms with Crippen molar-refractivity contribution in [3.63, 3.8) is 0 Å². The van der Waals surface area contributed by atoms with Crippen LogP contribution in [0.3, 0.4) is 0 Å². The van der Waals surface area contributed by atoms with Crippen molar-refractivity contribution in [1.29, 1.82) is 0 Å². The van der Waals surface area contributed by atoms with Gasteiger partial charge in [-0.25, -0.2) is 0 Å². The molecule has 0 fully saturated rings. The van der Waals surface area contributed by atoms with E-state index in [2.05, 4.69) is 17.5 Å². The quantitative estimate of drug-likeness (QED) is 0.600. The van der Waals surface area contributed by atoms with Gasteiger partial charge in [-0.15, -0.1) is 0 Å². The van der Waals surface area contributed by atoms with E-state index in [0.29, 0.717) is 10.8 Å². The molecule has 0 atom stereocenters. The average molecular weight is 319 g/mol. The van der Waals surface area contributed by atoms with Crippen LogP contribution in [0, 0.1) is 0 Å². The molecule has 5 heteroatoms. The van der Waals surface area contributed by atoms with Crippen molar-refractivity contribution >= 4 is 23.5 Å². The van der Waals surface area contributed by atoms with Gasteiger partial charge in [0.15, 0.2) is 0 Å². The van der Waals surface area contributed by atoms with Crippen LogP contribution in [0.2, 0.25) is 5.02 Å². The summed E-state index contributed by atoms with van der Waals surface area (Å²) < 4.78 is 10.6. The second kappa shape index (κ2) is 8.29. The lowest BCUT2D eigenvalue weighted by atomic mass is 10.2. The summed E-state index contributed by atoms with van der Waals surface area (Å²) in [6.07, 6.45) is 2.74. The molecule has 116 valence electrons. The van der Waals surface area contributed by atoms with Gasteiger partial charge in [-0.2, -0.15) is 5.10 Å². The number of ether oxygens (including phenoxy) is 2. The van der Waals surface area contributed by atoms with Crippen molar-refractivity contribution in [3.05, 3.63) is 53.1 Å². The number of methoxy groups -OCH3 is 1. The van der Waals surface area contributed by atoms with Crippen LogP contribution in [0.25, 0.3) is 0 Å². The van der Waals surface area contributed by atoms with Gasteiger partial charge in [0, 0.05) is 0 Å². The lowest BCUT2D eigenvalue weighted by Crippen LogP contribution is -1.95. The van der Waals surface area contributed by atoms with Gasteiger partial charge < -0.3 is 9.47 Å². The highest BCUT2D eigenvalue weighted by Gasteiger charge is 2.00. The number of hydrogen-bond acceptors (Lipinski definition) is 4. The zero-order chi connectivity index (χ0) is 15.8. The van der Waals surface area contributed by atoms with Crippen LogP contribution in [-0.4, -0.2) is 19.9 Å². The van der Waals surface area contributed by atoms with Crippen LogP contribution in [0.5, 0.6) is 11.5 Å². The maximum atomic E-state index is 6.05. The van der Waals surface area contributed by atoms with Gasteiger partial charge in [0.2, 0.25) is 0 Å². The maximum Gasteiger partial charge on any atom is 0.137 e. The van der Waals surface area contributed by atoms with Crippen molar-refractivity contribution in [2.45, 2.75) is 13.3 Å². The molecular weight excluding hydrogens is 300 g/mol. The highest BCUT2D eigenvalue weighted by atomic mass is 35.5. The Labute approximate surface area is 135 Å².